The quantitative estimate of drug-likeness (QED) is 0.237. The number of nitrogens with one attached hydrogen (secondary N) is 2. The Morgan fingerprint density at radius 2 is 1.89 bits per heavy atom. The number of carbonyl (C=O) groups is 1. The number of carbonyl (C=O) groups excluding carboxylic acids is 1. The number of H-pyrrole nitrogens is 1. The number of fused-ring (bicyclic) bond motifs is 3. The number of aromatic amines is 1. The molecule has 0 saturated carbocycles. The van der Waals surface area contributed by atoms with Crippen molar-refractivity contribution in [3.63, 3.8) is 0 Å². The monoisotopic (exact) mass is 498 g/mol. The van der Waals surface area contributed by atoms with Gasteiger partial charge in [0.05, 0.1) is 18.6 Å². The molecule has 2 heterocycles. The molecule has 0 unspecified atom stereocenters. The maximum atomic E-state index is 13.8. The largest absolute Gasteiger partial charge is 0.495 e. The third-order valence-corrected chi connectivity index (χ3v) is 7.22. The zero-order chi connectivity index (χ0) is 25.4. The predicted octanol–water partition coefficient (Wildman–Crippen LogP) is 5.53. The molecule has 0 bridgehead atoms. The smallest absolute Gasteiger partial charge is 0.283 e. The van der Waals surface area contributed by atoms with Crippen LogP contribution in [0.2, 0.25) is 0 Å². The fraction of sp³-hybridized carbons (Fsp3) is 0.179. The van der Waals surface area contributed by atoms with E-state index in [0.717, 1.165) is 33.3 Å². The second-order valence-electron chi connectivity index (χ2n) is 8.69. The lowest BCUT2D eigenvalue weighted by atomic mass is 10.1. The highest BCUT2D eigenvalue weighted by molar-refractivity contribution is 7.99. The van der Waals surface area contributed by atoms with Crippen molar-refractivity contribution in [1.29, 1.82) is 0 Å². The molecule has 0 fully saturated rings. The summed E-state index contributed by atoms with van der Waals surface area (Å²) in [6, 6.07) is 19.1. The Morgan fingerprint density at radius 1 is 1.08 bits per heavy atom. The van der Waals surface area contributed by atoms with Crippen molar-refractivity contribution in [1.82, 2.24) is 14.5 Å². The summed E-state index contributed by atoms with van der Waals surface area (Å²) in [7, 11) is 1.57. The van der Waals surface area contributed by atoms with E-state index in [1.807, 2.05) is 81.4 Å². The first-order chi connectivity index (χ1) is 17.4. The van der Waals surface area contributed by atoms with Gasteiger partial charge in [0, 0.05) is 16.6 Å². The van der Waals surface area contributed by atoms with E-state index in [1.54, 1.807) is 7.11 Å². The van der Waals surface area contributed by atoms with Gasteiger partial charge in [-0.3, -0.25) is 9.59 Å². The summed E-state index contributed by atoms with van der Waals surface area (Å²) < 4.78 is 7.11. The van der Waals surface area contributed by atoms with E-state index in [0.29, 0.717) is 27.6 Å². The predicted molar refractivity (Wildman–Crippen MR) is 146 cm³/mol. The first kappa shape index (κ1) is 23.7. The lowest BCUT2D eigenvalue weighted by Gasteiger charge is -2.16. The lowest BCUT2D eigenvalue weighted by molar-refractivity contribution is -0.113. The molecule has 1 amide bonds. The highest BCUT2D eigenvalue weighted by atomic mass is 32.2. The fourth-order valence-electron chi connectivity index (χ4n) is 4.23. The zero-order valence-corrected chi connectivity index (χ0v) is 21.3. The zero-order valence-electron chi connectivity index (χ0n) is 20.5. The third kappa shape index (κ3) is 4.24. The van der Waals surface area contributed by atoms with Crippen LogP contribution in [0.4, 0.5) is 5.69 Å². The van der Waals surface area contributed by atoms with Crippen LogP contribution >= 0.6 is 11.8 Å². The second kappa shape index (κ2) is 9.54. The second-order valence-corrected chi connectivity index (χ2v) is 9.63. The minimum Gasteiger partial charge on any atom is -0.495 e. The first-order valence-electron chi connectivity index (χ1n) is 11.5. The van der Waals surface area contributed by atoms with Crippen LogP contribution in [0.5, 0.6) is 5.75 Å². The van der Waals surface area contributed by atoms with E-state index in [1.165, 1.54) is 16.3 Å². The minimum atomic E-state index is -0.252. The maximum absolute atomic E-state index is 13.8. The molecule has 182 valence electrons. The molecule has 36 heavy (non-hydrogen) atoms. The number of amides is 1. The summed E-state index contributed by atoms with van der Waals surface area (Å²) >= 11 is 1.22. The molecule has 5 aromatic rings. The van der Waals surface area contributed by atoms with Crippen LogP contribution in [0.1, 0.15) is 16.7 Å². The van der Waals surface area contributed by atoms with Crippen molar-refractivity contribution in [2.45, 2.75) is 25.9 Å². The summed E-state index contributed by atoms with van der Waals surface area (Å²) in [5.74, 6) is 0.452. The number of thioether (sulfide) groups is 1. The Kier molecular flexibility index (Phi) is 6.28. The molecule has 0 saturated heterocycles. The van der Waals surface area contributed by atoms with E-state index < -0.39 is 0 Å². The van der Waals surface area contributed by atoms with Crippen molar-refractivity contribution in [3.8, 4) is 11.4 Å². The molecule has 2 N–H and O–H groups in total. The van der Waals surface area contributed by atoms with Crippen LogP contribution in [0.15, 0.2) is 70.6 Å². The summed E-state index contributed by atoms with van der Waals surface area (Å²) in [5, 5.41) is 4.25. The van der Waals surface area contributed by atoms with Crippen molar-refractivity contribution >= 4 is 45.3 Å². The maximum Gasteiger partial charge on any atom is 0.283 e. The molecule has 3 aromatic carbocycles. The minimum absolute atomic E-state index is 0.0851. The highest BCUT2D eigenvalue weighted by Gasteiger charge is 2.20. The number of nitrogens with zero attached hydrogens (tertiary/aromatic N) is 2. The SMILES string of the molecule is COc1ccc(C)cc1-n1c(SCC(=O)Nc2cccc(C)c2C)nc2c([nH]c3ccccc32)c1=O. The molecule has 0 aliphatic heterocycles. The van der Waals surface area contributed by atoms with Gasteiger partial charge in [-0.05, 0) is 61.7 Å². The number of hydrogen-bond acceptors (Lipinski definition) is 5. The van der Waals surface area contributed by atoms with Crippen molar-refractivity contribution in [2.75, 3.05) is 18.2 Å². The Bertz CT molecular complexity index is 1690. The molecule has 0 spiro atoms. The number of ether oxygens (including phenoxy) is 1. The van der Waals surface area contributed by atoms with Gasteiger partial charge in [0.2, 0.25) is 5.91 Å². The topological polar surface area (TPSA) is 89.0 Å². The van der Waals surface area contributed by atoms with Crippen LogP contribution in [-0.4, -0.2) is 33.3 Å². The van der Waals surface area contributed by atoms with E-state index in [9.17, 15) is 9.59 Å². The number of anilines is 1. The van der Waals surface area contributed by atoms with Gasteiger partial charge in [0.25, 0.3) is 5.56 Å². The molecule has 2 aromatic heterocycles. The molecular formula is C28H26N4O3S. The van der Waals surface area contributed by atoms with Gasteiger partial charge < -0.3 is 15.0 Å². The number of methoxy groups -OCH3 is 1. The Labute approximate surface area is 212 Å². The fourth-order valence-corrected chi connectivity index (χ4v) is 5.03. The van der Waals surface area contributed by atoms with E-state index in [2.05, 4.69) is 10.3 Å². The normalized spacial score (nSPS) is 11.2. The Morgan fingerprint density at radius 3 is 2.69 bits per heavy atom. The average Bonchev–Trinajstić information content (AvgIpc) is 3.25. The van der Waals surface area contributed by atoms with Crippen molar-refractivity contribution in [3.05, 3.63) is 87.7 Å². The third-order valence-electron chi connectivity index (χ3n) is 6.28. The van der Waals surface area contributed by atoms with E-state index in [4.69, 9.17) is 9.72 Å². The molecular weight excluding hydrogens is 472 g/mol. The number of rotatable bonds is 6. The van der Waals surface area contributed by atoms with Crippen LogP contribution in [-0.2, 0) is 4.79 Å². The number of hydrogen-bond donors (Lipinski definition) is 2. The van der Waals surface area contributed by atoms with Gasteiger partial charge in [-0.2, -0.15) is 0 Å². The van der Waals surface area contributed by atoms with Crippen LogP contribution < -0.4 is 15.6 Å². The van der Waals surface area contributed by atoms with Crippen molar-refractivity contribution in [2.24, 2.45) is 0 Å². The molecule has 7 nitrogen and oxygen atoms in total. The Balaban J connectivity index is 1.61. The number of benzene rings is 3. The van der Waals surface area contributed by atoms with E-state index in [-0.39, 0.29) is 17.2 Å². The van der Waals surface area contributed by atoms with E-state index >= 15 is 0 Å². The average molecular weight is 499 g/mol. The highest BCUT2D eigenvalue weighted by Crippen LogP contribution is 2.30. The Hall–Kier alpha value is -4.04. The van der Waals surface area contributed by atoms with Gasteiger partial charge in [0.15, 0.2) is 5.16 Å². The van der Waals surface area contributed by atoms with Gasteiger partial charge in [0.1, 0.15) is 16.8 Å². The number of aryl methyl sites for hydroxylation is 2. The van der Waals surface area contributed by atoms with Crippen LogP contribution in [0.25, 0.3) is 27.6 Å². The summed E-state index contributed by atoms with van der Waals surface area (Å²) in [5.41, 5.74) is 6.01. The first-order valence-corrected chi connectivity index (χ1v) is 12.5. The summed E-state index contributed by atoms with van der Waals surface area (Å²) in [4.78, 5) is 34.8. The summed E-state index contributed by atoms with van der Waals surface area (Å²) in [6.45, 7) is 5.94. The molecule has 0 radical (unpaired) electrons. The van der Waals surface area contributed by atoms with Crippen LogP contribution in [0.3, 0.4) is 0 Å². The number of para-hydroxylation sites is 1. The summed E-state index contributed by atoms with van der Waals surface area (Å²) in [6.07, 6.45) is 0. The molecule has 8 heteroatoms. The van der Waals surface area contributed by atoms with Gasteiger partial charge in [-0.15, -0.1) is 0 Å². The molecule has 0 atom stereocenters. The molecule has 0 aliphatic rings. The molecule has 5 rings (SSSR count). The number of aromatic nitrogens is 3. The van der Waals surface area contributed by atoms with Gasteiger partial charge in [-0.25, -0.2) is 9.55 Å². The van der Waals surface area contributed by atoms with Gasteiger partial charge in [-0.1, -0.05) is 48.2 Å². The molecule has 0 aliphatic carbocycles. The van der Waals surface area contributed by atoms with Crippen molar-refractivity contribution < 1.29 is 9.53 Å². The van der Waals surface area contributed by atoms with Gasteiger partial charge >= 0.3 is 0 Å². The lowest BCUT2D eigenvalue weighted by Crippen LogP contribution is -2.23. The van der Waals surface area contributed by atoms with Crippen LogP contribution in [0, 0.1) is 20.8 Å². The standard InChI is InChI=1S/C28H26N4O3S/c1-16-12-13-23(35-4)22(14-16)32-27(34)26-25(19-9-5-6-10-21(19)30-26)31-28(32)36-15-24(33)29-20-11-7-8-17(2)18(20)3/h5-14,30H,15H2,1-4H3,(H,29,33).